The van der Waals surface area contributed by atoms with E-state index in [1.807, 2.05) is 18.2 Å². The Hall–Kier alpha value is -2.04. The maximum absolute atomic E-state index is 12.4. The molecule has 0 saturated heterocycles. The quantitative estimate of drug-likeness (QED) is 0.533. The third-order valence-corrected chi connectivity index (χ3v) is 5.22. The number of benzene rings is 1. The first kappa shape index (κ1) is 20.3. The van der Waals surface area contributed by atoms with Crippen molar-refractivity contribution in [3.05, 3.63) is 29.8 Å². The molecule has 0 spiro atoms. The molecule has 2 rings (SSSR count). The van der Waals surface area contributed by atoms with Gasteiger partial charge in [0.1, 0.15) is 0 Å². The maximum Gasteiger partial charge on any atom is 0.227 e. The lowest BCUT2D eigenvalue weighted by Gasteiger charge is -2.21. The topological polar surface area (TPSA) is 65.5 Å². The summed E-state index contributed by atoms with van der Waals surface area (Å²) < 4.78 is 0. The number of rotatable bonds is 6. The molecule has 5 nitrogen and oxygen atoms in total. The predicted octanol–water partition coefficient (Wildman–Crippen LogP) is 3.91. The minimum absolute atomic E-state index is 0.165. The van der Waals surface area contributed by atoms with Crippen LogP contribution in [0, 0.1) is 11.8 Å². The second-order valence-electron chi connectivity index (χ2n) is 7.63. The molecule has 5 heteroatoms. The molecule has 1 unspecified atom stereocenters. The van der Waals surface area contributed by atoms with Crippen molar-refractivity contribution in [2.45, 2.75) is 65.5 Å². The number of nitrogens with zero attached hydrogens (tertiary/aromatic N) is 1. The highest BCUT2D eigenvalue weighted by Crippen LogP contribution is 2.25. The summed E-state index contributed by atoms with van der Waals surface area (Å²) in [5, 5.41) is 9.83. The predicted molar refractivity (Wildman–Crippen MR) is 109 cm³/mol. The van der Waals surface area contributed by atoms with Crippen LogP contribution in [0.3, 0.4) is 0 Å². The first-order chi connectivity index (χ1) is 12.5. The Bertz CT molecular complexity index is 606. The van der Waals surface area contributed by atoms with Gasteiger partial charge >= 0.3 is 0 Å². The SMILES string of the molecule is CN=C(NCc1cccc(NC(=O)C2CCCCC2)c1)NC(C)C(C)C. The zero-order valence-corrected chi connectivity index (χ0v) is 16.6. The molecule has 144 valence electrons. The van der Waals surface area contributed by atoms with Crippen LogP contribution in [0.2, 0.25) is 0 Å². The van der Waals surface area contributed by atoms with Crippen LogP contribution in [-0.4, -0.2) is 25.0 Å². The summed E-state index contributed by atoms with van der Waals surface area (Å²) in [6, 6.07) is 8.38. The number of anilines is 1. The summed E-state index contributed by atoms with van der Waals surface area (Å²) in [5.74, 6) is 1.67. The van der Waals surface area contributed by atoms with Crippen molar-refractivity contribution in [2.24, 2.45) is 16.8 Å². The summed E-state index contributed by atoms with van der Waals surface area (Å²) in [7, 11) is 1.78. The first-order valence-electron chi connectivity index (χ1n) is 9.86. The molecule has 0 bridgehead atoms. The number of carbonyl (C=O) groups is 1. The van der Waals surface area contributed by atoms with Gasteiger partial charge in [-0.05, 0) is 43.4 Å². The normalized spacial score (nSPS) is 17.0. The highest BCUT2D eigenvalue weighted by atomic mass is 16.1. The number of aliphatic imine (C=N–C) groups is 1. The molecule has 1 aliphatic carbocycles. The fourth-order valence-electron chi connectivity index (χ4n) is 3.13. The minimum atomic E-state index is 0.165. The van der Waals surface area contributed by atoms with Gasteiger partial charge in [-0.15, -0.1) is 0 Å². The molecule has 26 heavy (non-hydrogen) atoms. The lowest BCUT2D eigenvalue weighted by atomic mass is 9.88. The summed E-state index contributed by atoms with van der Waals surface area (Å²) in [4.78, 5) is 16.7. The number of carbonyl (C=O) groups excluding carboxylic acids is 1. The van der Waals surface area contributed by atoms with Crippen molar-refractivity contribution in [1.82, 2.24) is 10.6 Å². The van der Waals surface area contributed by atoms with Crippen molar-refractivity contribution in [1.29, 1.82) is 0 Å². The fourth-order valence-corrected chi connectivity index (χ4v) is 3.13. The summed E-state index contributed by atoms with van der Waals surface area (Å²) in [5.41, 5.74) is 1.99. The Morgan fingerprint density at radius 1 is 1.19 bits per heavy atom. The molecule has 1 amide bonds. The van der Waals surface area contributed by atoms with Gasteiger partial charge in [0.2, 0.25) is 5.91 Å². The number of guanidine groups is 1. The molecule has 1 aromatic rings. The summed E-state index contributed by atoms with van der Waals surface area (Å²) in [6.45, 7) is 7.18. The Kier molecular flexibility index (Phi) is 7.95. The van der Waals surface area contributed by atoms with Crippen molar-refractivity contribution >= 4 is 17.6 Å². The molecular weight excluding hydrogens is 324 g/mol. The Morgan fingerprint density at radius 3 is 2.58 bits per heavy atom. The zero-order chi connectivity index (χ0) is 18.9. The van der Waals surface area contributed by atoms with Gasteiger partial charge in [-0.2, -0.15) is 0 Å². The number of hydrogen-bond donors (Lipinski definition) is 3. The molecule has 0 aliphatic heterocycles. The molecule has 0 heterocycles. The molecule has 1 aromatic carbocycles. The number of amides is 1. The molecule has 1 fully saturated rings. The van der Waals surface area contributed by atoms with E-state index in [1.54, 1.807) is 7.05 Å². The van der Waals surface area contributed by atoms with E-state index in [1.165, 1.54) is 19.3 Å². The van der Waals surface area contributed by atoms with E-state index >= 15 is 0 Å². The fraction of sp³-hybridized carbons (Fsp3) is 0.619. The van der Waals surface area contributed by atoms with Gasteiger partial charge in [-0.3, -0.25) is 9.79 Å². The Morgan fingerprint density at radius 2 is 1.92 bits per heavy atom. The van der Waals surface area contributed by atoms with Crippen molar-refractivity contribution in [2.75, 3.05) is 12.4 Å². The van der Waals surface area contributed by atoms with Crippen LogP contribution in [0.5, 0.6) is 0 Å². The Labute approximate surface area is 158 Å². The van der Waals surface area contributed by atoms with Gasteiger partial charge in [0.25, 0.3) is 0 Å². The van der Waals surface area contributed by atoms with Crippen LogP contribution in [0.4, 0.5) is 5.69 Å². The van der Waals surface area contributed by atoms with Crippen LogP contribution >= 0.6 is 0 Å². The van der Waals surface area contributed by atoms with E-state index in [0.717, 1.165) is 30.1 Å². The Balaban J connectivity index is 1.88. The van der Waals surface area contributed by atoms with Gasteiger partial charge in [0.15, 0.2) is 5.96 Å². The maximum atomic E-state index is 12.4. The lowest BCUT2D eigenvalue weighted by molar-refractivity contribution is -0.120. The van der Waals surface area contributed by atoms with Crippen LogP contribution in [0.25, 0.3) is 0 Å². The van der Waals surface area contributed by atoms with Crippen molar-refractivity contribution in [3.8, 4) is 0 Å². The largest absolute Gasteiger partial charge is 0.354 e. The average molecular weight is 359 g/mol. The van der Waals surface area contributed by atoms with Crippen molar-refractivity contribution < 1.29 is 4.79 Å². The first-order valence-corrected chi connectivity index (χ1v) is 9.86. The smallest absolute Gasteiger partial charge is 0.227 e. The van der Waals surface area contributed by atoms with Crippen LogP contribution < -0.4 is 16.0 Å². The molecular formula is C21H34N4O. The van der Waals surface area contributed by atoms with E-state index in [4.69, 9.17) is 0 Å². The lowest BCUT2D eigenvalue weighted by Crippen LogP contribution is -2.43. The molecule has 1 aliphatic rings. The monoisotopic (exact) mass is 358 g/mol. The van der Waals surface area contributed by atoms with E-state index in [2.05, 4.69) is 47.8 Å². The summed E-state index contributed by atoms with van der Waals surface area (Å²) >= 11 is 0. The van der Waals surface area contributed by atoms with Gasteiger partial charge in [-0.1, -0.05) is 45.2 Å². The second-order valence-corrected chi connectivity index (χ2v) is 7.63. The van der Waals surface area contributed by atoms with Gasteiger partial charge in [0, 0.05) is 31.2 Å². The second kappa shape index (κ2) is 10.2. The van der Waals surface area contributed by atoms with Gasteiger partial charge in [-0.25, -0.2) is 0 Å². The number of hydrogen-bond acceptors (Lipinski definition) is 2. The summed E-state index contributed by atoms with van der Waals surface area (Å²) in [6.07, 6.45) is 5.63. The molecule has 0 radical (unpaired) electrons. The standard InChI is InChI=1S/C21H34N4O/c1-15(2)16(3)24-21(22-4)23-14-17-9-8-12-19(13-17)25-20(26)18-10-6-5-7-11-18/h8-9,12-13,15-16,18H,5-7,10-11,14H2,1-4H3,(H,25,26)(H2,22,23,24). The highest BCUT2D eigenvalue weighted by Gasteiger charge is 2.21. The average Bonchev–Trinajstić information content (AvgIpc) is 2.65. The zero-order valence-electron chi connectivity index (χ0n) is 16.6. The molecule has 1 atom stereocenters. The molecule has 3 N–H and O–H groups in total. The van der Waals surface area contributed by atoms with Crippen LogP contribution in [0.1, 0.15) is 58.4 Å². The van der Waals surface area contributed by atoms with E-state index in [0.29, 0.717) is 18.5 Å². The number of nitrogens with one attached hydrogen (secondary N) is 3. The van der Waals surface area contributed by atoms with Crippen molar-refractivity contribution in [3.63, 3.8) is 0 Å². The highest BCUT2D eigenvalue weighted by molar-refractivity contribution is 5.92. The minimum Gasteiger partial charge on any atom is -0.354 e. The van der Waals surface area contributed by atoms with E-state index in [-0.39, 0.29) is 11.8 Å². The van der Waals surface area contributed by atoms with E-state index in [9.17, 15) is 4.79 Å². The third kappa shape index (κ3) is 6.36. The van der Waals surface area contributed by atoms with E-state index < -0.39 is 0 Å². The van der Waals surface area contributed by atoms with Crippen LogP contribution in [0.15, 0.2) is 29.3 Å². The van der Waals surface area contributed by atoms with Crippen LogP contribution in [-0.2, 0) is 11.3 Å². The van der Waals surface area contributed by atoms with Gasteiger partial charge < -0.3 is 16.0 Å². The third-order valence-electron chi connectivity index (χ3n) is 5.22. The molecule has 0 aromatic heterocycles. The van der Waals surface area contributed by atoms with Gasteiger partial charge in [0.05, 0.1) is 0 Å². The molecule has 1 saturated carbocycles.